The lowest BCUT2D eigenvalue weighted by atomic mass is 9.87. The normalized spacial score (nSPS) is 33.0. The van der Waals surface area contributed by atoms with Crippen LogP contribution in [0.2, 0.25) is 0 Å². The fourth-order valence-corrected chi connectivity index (χ4v) is 4.09. The molecule has 1 saturated carbocycles. The summed E-state index contributed by atoms with van der Waals surface area (Å²) in [6.45, 7) is 2.57. The van der Waals surface area contributed by atoms with Crippen molar-refractivity contribution in [3.05, 3.63) is 0 Å². The van der Waals surface area contributed by atoms with Crippen LogP contribution in [-0.4, -0.2) is 53.1 Å². The average molecular weight is 314 g/mol. The van der Waals surface area contributed by atoms with Crippen LogP contribution < -0.4 is 5.32 Å². The van der Waals surface area contributed by atoms with Crippen LogP contribution in [0.5, 0.6) is 0 Å². The van der Waals surface area contributed by atoms with Gasteiger partial charge in [0.05, 0.1) is 5.41 Å². The maximum atomic E-state index is 12.2. The molecular weight excluding hydrogens is 288 g/mol. The standard InChI is InChI=1S/C15H26N2O3S/c1-15(13(18)19)7-8-17(10-15)14(20)16-12-5-3-11(4-6-12)9-21-2/h11-12H,3-10H2,1-2H3,(H,16,20)(H,18,19). The van der Waals surface area contributed by atoms with Gasteiger partial charge < -0.3 is 15.3 Å². The summed E-state index contributed by atoms with van der Waals surface area (Å²) in [5, 5.41) is 12.3. The number of hydrogen-bond acceptors (Lipinski definition) is 3. The van der Waals surface area contributed by atoms with E-state index >= 15 is 0 Å². The van der Waals surface area contributed by atoms with Crippen molar-refractivity contribution in [2.75, 3.05) is 25.1 Å². The Morgan fingerprint density at radius 2 is 2.00 bits per heavy atom. The number of likely N-dealkylation sites (tertiary alicyclic amines) is 1. The number of aliphatic carboxylic acids is 1. The van der Waals surface area contributed by atoms with Crippen LogP contribution >= 0.6 is 11.8 Å². The highest BCUT2D eigenvalue weighted by Crippen LogP contribution is 2.31. The van der Waals surface area contributed by atoms with Gasteiger partial charge in [-0.05, 0) is 57.0 Å². The van der Waals surface area contributed by atoms with Crippen molar-refractivity contribution in [2.45, 2.75) is 45.1 Å². The largest absolute Gasteiger partial charge is 0.481 e. The highest BCUT2D eigenvalue weighted by molar-refractivity contribution is 7.98. The molecule has 1 atom stereocenters. The zero-order chi connectivity index (χ0) is 15.5. The van der Waals surface area contributed by atoms with Crippen molar-refractivity contribution in [3.8, 4) is 0 Å². The number of nitrogens with zero attached hydrogens (tertiary/aromatic N) is 1. The second-order valence-electron chi connectivity index (χ2n) is 6.66. The third kappa shape index (κ3) is 4.05. The summed E-state index contributed by atoms with van der Waals surface area (Å²) in [5.74, 6) is 1.19. The maximum absolute atomic E-state index is 12.2. The first-order valence-electron chi connectivity index (χ1n) is 7.72. The monoisotopic (exact) mass is 314 g/mol. The third-order valence-electron chi connectivity index (χ3n) is 4.85. The molecule has 21 heavy (non-hydrogen) atoms. The lowest BCUT2D eigenvalue weighted by Gasteiger charge is -2.30. The van der Waals surface area contributed by atoms with Crippen LogP contribution in [0.25, 0.3) is 0 Å². The zero-order valence-electron chi connectivity index (χ0n) is 12.9. The van der Waals surface area contributed by atoms with E-state index in [0.29, 0.717) is 19.5 Å². The molecule has 0 aromatic rings. The minimum absolute atomic E-state index is 0.0895. The second kappa shape index (κ2) is 6.90. The Morgan fingerprint density at radius 1 is 1.33 bits per heavy atom. The van der Waals surface area contributed by atoms with Crippen molar-refractivity contribution in [1.82, 2.24) is 10.2 Å². The van der Waals surface area contributed by atoms with Gasteiger partial charge >= 0.3 is 12.0 Å². The number of nitrogens with one attached hydrogen (secondary N) is 1. The smallest absolute Gasteiger partial charge is 0.317 e. The number of rotatable bonds is 4. The van der Waals surface area contributed by atoms with Gasteiger partial charge in [0, 0.05) is 19.1 Å². The molecule has 0 spiro atoms. The first kappa shape index (κ1) is 16.5. The van der Waals surface area contributed by atoms with E-state index in [4.69, 9.17) is 0 Å². The predicted octanol–water partition coefficient (Wildman–Crippen LogP) is 2.41. The second-order valence-corrected chi connectivity index (χ2v) is 7.57. The molecule has 120 valence electrons. The van der Waals surface area contributed by atoms with Crippen molar-refractivity contribution in [2.24, 2.45) is 11.3 Å². The molecule has 2 rings (SSSR count). The Morgan fingerprint density at radius 3 is 2.52 bits per heavy atom. The van der Waals surface area contributed by atoms with Gasteiger partial charge in [-0.15, -0.1) is 0 Å². The summed E-state index contributed by atoms with van der Waals surface area (Å²) in [6, 6.07) is 0.167. The van der Waals surface area contributed by atoms with Crippen molar-refractivity contribution < 1.29 is 14.7 Å². The van der Waals surface area contributed by atoms with E-state index in [0.717, 1.165) is 18.8 Å². The molecule has 1 saturated heterocycles. The zero-order valence-corrected chi connectivity index (χ0v) is 13.7. The van der Waals surface area contributed by atoms with Crippen molar-refractivity contribution >= 4 is 23.8 Å². The van der Waals surface area contributed by atoms with Gasteiger partial charge in [-0.1, -0.05) is 0 Å². The first-order valence-corrected chi connectivity index (χ1v) is 9.12. The maximum Gasteiger partial charge on any atom is 0.317 e. The Labute approximate surface area is 130 Å². The minimum atomic E-state index is -0.810. The van der Waals surface area contributed by atoms with E-state index in [1.54, 1.807) is 11.8 Å². The molecule has 1 aliphatic heterocycles. The fourth-order valence-electron chi connectivity index (χ4n) is 3.28. The number of carboxylic acid groups (broad SMARTS) is 1. The summed E-state index contributed by atoms with van der Waals surface area (Å²) in [4.78, 5) is 25.1. The van der Waals surface area contributed by atoms with Crippen LogP contribution in [0.15, 0.2) is 0 Å². The van der Waals surface area contributed by atoms with Crippen LogP contribution in [0.4, 0.5) is 4.79 Å². The minimum Gasteiger partial charge on any atom is -0.481 e. The summed E-state index contributed by atoms with van der Waals surface area (Å²) in [6.07, 6.45) is 7.12. The number of hydrogen-bond donors (Lipinski definition) is 2. The van der Waals surface area contributed by atoms with E-state index in [2.05, 4.69) is 11.6 Å². The molecular formula is C15H26N2O3S. The van der Waals surface area contributed by atoms with Crippen molar-refractivity contribution in [1.29, 1.82) is 0 Å². The summed E-state index contributed by atoms with van der Waals surface area (Å²) < 4.78 is 0. The quantitative estimate of drug-likeness (QED) is 0.836. The van der Waals surface area contributed by atoms with Gasteiger partial charge in [-0.2, -0.15) is 11.8 Å². The predicted molar refractivity (Wildman–Crippen MR) is 84.6 cm³/mol. The van der Waals surface area contributed by atoms with E-state index in [1.807, 2.05) is 11.8 Å². The highest BCUT2D eigenvalue weighted by Gasteiger charge is 2.42. The van der Waals surface area contributed by atoms with E-state index in [1.165, 1.54) is 18.6 Å². The van der Waals surface area contributed by atoms with Gasteiger partial charge in [0.2, 0.25) is 0 Å². The lowest BCUT2D eigenvalue weighted by molar-refractivity contribution is -0.146. The lowest BCUT2D eigenvalue weighted by Crippen LogP contribution is -2.46. The van der Waals surface area contributed by atoms with E-state index < -0.39 is 11.4 Å². The molecule has 0 bridgehead atoms. The Hall–Kier alpha value is -0.910. The van der Waals surface area contributed by atoms with Gasteiger partial charge in [0.15, 0.2) is 0 Å². The van der Waals surface area contributed by atoms with Crippen molar-refractivity contribution in [3.63, 3.8) is 0 Å². The molecule has 1 heterocycles. The third-order valence-corrected chi connectivity index (χ3v) is 5.66. The Kier molecular flexibility index (Phi) is 5.41. The van der Waals surface area contributed by atoms with Gasteiger partial charge in [-0.3, -0.25) is 4.79 Å². The molecule has 5 nitrogen and oxygen atoms in total. The number of thioether (sulfide) groups is 1. The molecule has 0 aromatic heterocycles. The fraction of sp³-hybridized carbons (Fsp3) is 0.867. The van der Waals surface area contributed by atoms with Crippen LogP contribution in [0.1, 0.15) is 39.0 Å². The SMILES string of the molecule is CSCC1CCC(NC(=O)N2CCC(C)(C(=O)O)C2)CC1. The van der Waals surface area contributed by atoms with E-state index in [9.17, 15) is 14.7 Å². The molecule has 6 heteroatoms. The number of carbonyl (C=O) groups is 2. The molecule has 2 N–H and O–H groups in total. The van der Waals surface area contributed by atoms with Crippen LogP contribution in [0.3, 0.4) is 0 Å². The molecule has 2 amide bonds. The average Bonchev–Trinajstić information content (AvgIpc) is 2.85. The van der Waals surface area contributed by atoms with Gasteiger partial charge in [0.1, 0.15) is 0 Å². The Bertz CT molecular complexity index is 396. The van der Waals surface area contributed by atoms with Gasteiger partial charge in [0.25, 0.3) is 0 Å². The number of carboxylic acids is 1. The van der Waals surface area contributed by atoms with E-state index in [-0.39, 0.29) is 12.1 Å². The first-order chi connectivity index (χ1) is 9.94. The number of amides is 2. The topological polar surface area (TPSA) is 69.6 Å². The van der Waals surface area contributed by atoms with Crippen LogP contribution in [0, 0.1) is 11.3 Å². The number of urea groups is 1. The van der Waals surface area contributed by atoms with Crippen LogP contribution in [-0.2, 0) is 4.79 Å². The Balaban J connectivity index is 1.77. The van der Waals surface area contributed by atoms with Gasteiger partial charge in [-0.25, -0.2) is 4.79 Å². The molecule has 0 aromatic carbocycles. The summed E-state index contributed by atoms with van der Waals surface area (Å²) >= 11 is 1.89. The summed E-state index contributed by atoms with van der Waals surface area (Å²) in [7, 11) is 0. The molecule has 2 aliphatic rings. The number of carbonyl (C=O) groups excluding carboxylic acids is 1. The molecule has 1 unspecified atom stereocenters. The summed E-state index contributed by atoms with van der Waals surface area (Å²) in [5.41, 5.74) is -0.784. The highest BCUT2D eigenvalue weighted by atomic mass is 32.2. The molecule has 1 aliphatic carbocycles. The molecule has 0 radical (unpaired) electrons. The molecule has 2 fully saturated rings.